The third kappa shape index (κ3) is 1.14. The molecule has 0 bridgehead atoms. The van der Waals surface area contributed by atoms with Crippen LogP contribution in [0.4, 0.5) is 4.39 Å². The number of halogens is 2. The smallest absolute Gasteiger partial charge is 0.124 e. The Balaban J connectivity index is 2.60. The van der Waals surface area contributed by atoms with Gasteiger partial charge in [-0.15, -0.1) is 0 Å². The van der Waals surface area contributed by atoms with E-state index in [1.807, 2.05) is 0 Å². The summed E-state index contributed by atoms with van der Waals surface area (Å²) < 4.78 is 12.7. The van der Waals surface area contributed by atoms with Gasteiger partial charge in [-0.3, -0.25) is 0 Å². The van der Waals surface area contributed by atoms with E-state index < -0.39 is 0 Å². The maximum absolute atomic E-state index is 12.7. The van der Waals surface area contributed by atoms with Gasteiger partial charge in [0.05, 0.1) is 0 Å². The van der Waals surface area contributed by atoms with Gasteiger partial charge in [0.2, 0.25) is 0 Å². The molecule has 58 valence electrons. The Hall–Kier alpha value is -0.560. The summed E-state index contributed by atoms with van der Waals surface area (Å²) in [7, 11) is 0. The summed E-state index contributed by atoms with van der Waals surface area (Å²) in [5.74, 6) is -0.212. The first-order chi connectivity index (χ1) is 5.27. The summed E-state index contributed by atoms with van der Waals surface area (Å²) in [5.41, 5.74) is 2.24. The van der Waals surface area contributed by atoms with Crippen molar-refractivity contribution in [2.75, 3.05) is 0 Å². The van der Waals surface area contributed by atoms with Crippen LogP contribution in [0.3, 0.4) is 0 Å². The van der Waals surface area contributed by atoms with E-state index in [1.165, 1.54) is 6.07 Å². The van der Waals surface area contributed by atoms with Crippen LogP contribution in [0.5, 0.6) is 0 Å². The molecule has 0 amide bonds. The van der Waals surface area contributed by atoms with Gasteiger partial charge >= 0.3 is 0 Å². The van der Waals surface area contributed by atoms with Crippen molar-refractivity contribution in [3.63, 3.8) is 0 Å². The minimum atomic E-state index is -0.212. The molecule has 0 fully saturated rings. The lowest BCUT2D eigenvalue weighted by molar-refractivity contribution is 0.626. The second-order valence-electron chi connectivity index (χ2n) is 2.88. The Kier molecular flexibility index (Phi) is 1.61. The molecule has 0 saturated heterocycles. The predicted molar refractivity (Wildman–Crippen MR) is 43.4 cm³/mol. The van der Waals surface area contributed by atoms with Crippen LogP contribution in [0.1, 0.15) is 17.5 Å². The minimum absolute atomic E-state index is 0.212. The van der Waals surface area contributed by atoms with Gasteiger partial charge in [0.1, 0.15) is 5.82 Å². The lowest BCUT2D eigenvalue weighted by Gasteiger charge is -2.00. The normalized spacial score (nSPS) is 15.1. The first-order valence-electron chi connectivity index (χ1n) is 3.74. The van der Waals surface area contributed by atoms with E-state index in [1.54, 1.807) is 6.07 Å². The first-order valence-corrected chi connectivity index (χ1v) is 4.12. The molecule has 0 atom stereocenters. The number of hydrogen-bond acceptors (Lipinski definition) is 0. The molecule has 0 aromatic heterocycles. The van der Waals surface area contributed by atoms with E-state index in [2.05, 4.69) is 0 Å². The summed E-state index contributed by atoms with van der Waals surface area (Å²) in [5, 5.41) is 0.595. The van der Waals surface area contributed by atoms with Crippen LogP contribution < -0.4 is 0 Å². The van der Waals surface area contributed by atoms with Gasteiger partial charge in [0.25, 0.3) is 0 Å². The van der Waals surface area contributed by atoms with E-state index in [0.29, 0.717) is 5.02 Å². The number of benzene rings is 1. The highest BCUT2D eigenvalue weighted by molar-refractivity contribution is 6.31. The third-order valence-corrected chi connectivity index (χ3v) is 2.46. The minimum Gasteiger partial charge on any atom is -0.207 e. The van der Waals surface area contributed by atoms with Crippen molar-refractivity contribution in [1.29, 1.82) is 0 Å². The van der Waals surface area contributed by atoms with Gasteiger partial charge in [0.15, 0.2) is 0 Å². The van der Waals surface area contributed by atoms with Crippen LogP contribution in [-0.4, -0.2) is 0 Å². The Morgan fingerprint density at radius 1 is 1.27 bits per heavy atom. The van der Waals surface area contributed by atoms with E-state index in [0.717, 1.165) is 30.4 Å². The van der Waals surface area contributed by atoms with Crippen molar-refractivity contribution in [3.05, 3.63) is 34.1 Å². The zero-order valence-electron chi connectivity index (χ0n) is 6.03. The summed E-state index contributed by atoms with van der Waals surface area (Å²) in [6.07, 6.45) is 3.10. The number of hydrogen-bond donors (Lipinski definition) is 0. The van der Waals surface area contributed by atoms with E-state index in [-0.39, 0.29) is 5.82 Å². The van der Waals surface area contributed by atoms with Gasteiger partial charge < -0.3 is 0 Å². The van der Waals surface area contributed by atoms with Crippen LogP contribution in [-0.2, 0) is 12.8 Å². The van der Waals surface area contributed by atoms with Gasteiger partial charge in [0, 0.05) is 5.02 Å². The average Bonchev–Trinajstić information content (AvgIpc) is 2.34. The summed E-state index contributed by atoms with van der Waals surface area (Å²) in [6.45, 7) is 0. The average molecular weight is 171 g/mol. The van der Waals surface area contributed by atoms with Gasteiger partial charge in [-0.25, -0.2) is 4.39 Å². The highest BCUT2D eigenvalue weighted by atomic mass is 35.5. The van der Waals surface area contributed by atoms with Gasteiger partial charge in [-0.1, -0.05) is 11.6 Å². The molecule has 11 heavy (non-hydrogen) atoms. The highest BCUT2D eigenvalue weighted by Crippen LogP contribution is 2.29. The number of rotatable bonds is 0. The molecule has 0 radical (unpaired) electrons. The van der Waals surface area contributed by atoms with E-state index >= 15 is 0 Å². The quantitative estimate of drug-likeness (QED) is 0.562. The van der Waals surface area contributed by atoms with Crippen molar-refractivity contribution in [1.82, 2.24) is 0 Å². The summed E-state index contributed by atoms with van der Waals surface area (Å²) in [6, 6.07) is 2.99. The second-order valence-corrected chi connectivity index (χ2v) is 3.29. The molecule has 0 aliphatic heterocycles. The molecule has 0 heterocycles. The molecule has 0 nitrogen and oxygen atoms in total. The zero-order chi connectivity index (χ0) is 7.84. The Morgan fingerprint density at radius 3 is 2.91 bits per heavy atom. The molecule has 1 aliphatic carbocycles. The van der Waals surface area contributed by atoms with E-state index in [4.69, 9.17) is 11.6 Å². The maximum atomic E-state index is 12.7. The molecular weight excluding hydrogens is 163 g/mol. The molecule has 1 aliphatic rings. The Morgan fingerprint density at radius 2 is 2.09 bits per heavy atom. The van der Waals surface area contributed by atoms with Crippen LogP contribution in [0.25, 0.3) is 0 Å². The molecule has 2 rings (SSSR count). The Bertz CT molecular complexity index is 294. The third-order valence-electron chi connectivity index (χ3n) is 2.13. The topological polar surface area (TPSA) is 0 Å². The van der Waals surface area contributed by atoms with Gasteiger partial charge in [-0.2, -0.15) is 0 Å². The molecule has 2 heteroatoms. The molecular formula is C9H8ClF. The maximum Gasteiger partial charge on any atom is 0.124 e. The largest absolute Gasteiger partial charge is 0.207 e. The number of fused-ring (bicyclic) bond motifs is 1. The van der Waals surface area contributed by atoms with Crippen LogP contribution in [0.15, 0.2) is 12.1 Å². The second kappa shape index (κ2) is 2.49. The van der Waals surface area contributed by atoms with Crippen molar-refractivity contribution in [2.24, 2.45) is 0 Å². The lowest BCUT2D eigenvalue weighted by Crippen LogP contribution is -1.85. The van der Waals surface area contributed by atoms with Gasteiger partial charge in [-0.05, 0) is 42.5 Å². The fourth-order valence-electron chi connectivity index (χ4n) is 1.62. The molecule has 0 saturated carbocycles. The van der Waals surface area contributed by atoms with Crippen molar-refractivity contribution >= 4 is 11.6 Å². The standard InChI is InChI=1S/C9H8ClF/c10-9-5-7(11)4-6-2-1-3-8(6)9/h4-5H,1-3H2. The molecule has 1 aromatic rings. The van der Waals surface area contributed by atoms with Crippen molar-refractivity contribution < 1.29 is 4.39 Å². The molecule has 0 N–H and O–H groups in total. The lowest BCUT2D eigenvalue weighted by atomic mass is 10.1. The van der Waals surface area contributed by atoms with Crippen molar-refractivity contribution in [3.8, 4) is 0 Å². The first kappa shape index (κ1) is 7.11. The Labute approximate surface area is 70.0 Å². The number of aryl methyl sites for hydroxylation is 1. The zero-order valence-corrected chi connectivity index (χ0v) is 6.79. The highest BCUT2D eigenvalue weighted by Gasteiger charge is 2.14. The van der Waals surface area contributed by atoms with Crippen LogP contribution in [0, 0.1) is 5.82 Å². The summed E-state index contributed by atoms with van der Waals surface area (Å²) >= 11 is 5.83. The fraction of sp³-hybridized carbons (Fsp3) is 0.333. The predicted octanol–water partition coefficient (Wildman–Crippen LogP) is 2.97. The SMILES string of the molecule is Fc1cc(Cl)c2c(c1)CCC2. The van der Waals surface area contributed by atoms with Crippen LogP contribution in [0.2, 0.25) is 5.02 Å². The van der Waals surface area contributed by atoms with E-state index in [9.17, 15) is 4.39 Å². The molecule has 0 spiro atoms. The van der Waals surface area contributed by atoms with Crippen LogP contribution >= 0.6 is 11.6 Å². The van der Waals surface area contributed by atoms with Crippen molar-refractivity contribution in [2.45, 2.75) is 19.3 Å². The molecule has 1 aromatic carbocycles. The monoisotopic (exact) mass is 170 g/mol. The molecule has 0 unspecified atom stereocenters. The summed E-state index contributed by atoms with van der Waals surface area (Å²) in [4.78, 5) is 0. The fourth-order valence-corrected chi connectivity index (χ4v) is 1.94.